The van der Waals surface area contributed by atoms with Crippen LogP contribution < -0.4 is 0 Å². The van der Waals surface area contributed by atoms with Crippen LogP contribution in [0.3, 0.4) is 0 Å². The summed E-state index contributed by atoms with van der Waals surface area (Å²) in [4.78, 5) is 0. The average molecular weight is 208 g/mol. The average Bonchev–Trinajstić information content (AvgIpc) is 2.14. The van der Waals surface area contributed by atoms with Gasteiger partial charge in [-0.1, -0.05) is 42.4 Å². The van der Waals surface area contributed by atoms with Crippen molar-refractivity contribution in [2.45, 2.75) is 40.5 Å². The molecule has 0 bridgehead atoms. The molecule has 0 saturated carbocycles. The van der Waals surface area contributed by atoms with Crippen molar-refractivity contribution in [3.05, 3.63) is 35.5 Å². The summed E-state index contributed by atoms with van der Waals surface area (Å²) >= 11 is 0. The lowest BCUT2D eigenvalue weighted by Crippen LogP contribution is -1.88. The van der Waals surface area contributed by atoms with E-state index in [1.807, 2.05) is 13.0 Å². The molecule has 0 spiro atoms. The topological polar surface area (TPSA) is 20.2 Å². The van der Waals surface area contributed by atoms with Crippen molar-refractivity contribution in [1.29, 1.82) is 0 Å². The molecule has 0 amide bonds. The third kappa shape index (κ3) is 9.48. The smallest absolute Gasteiger partial charge is 0.0617 e. The first-order chi connectivity index (χ1) is 7.06. The SMILES string of the molecule is CC(C)=CCCC(C)C=CC(C)=CCO. The number of aliphatic hydroxyl groups is 1. The van der Waals surface area contributed by atoms with Crippen molar-refractivity contribution in [3.8, 4) is 0 Å². The Labute approximate surface area is 94.2 Å². The van der Waals surface area contributed by atoms with E-state index < -0.39 is 0 Å². The van der Waals surface area contributed by atoms with Gasteiger partial charge in [0.25, 0.3) is 0 Å². The molecule has 1 atom stereocenters. The van der Waals surface area contributed by atoms with E-state index in [-0.39, 0.29) is 6.61 Å². The van der Waals surface area contributed by atoms with Gasteiger partial charge in [-0.05, 0) is 39.5 Å². The van der Waals surface area contributed by atoms with E-state index in [2.05, 4.69) is 39.0 Å². The second-order valence-corrected chi connectivity index (χ2v) is 4.33. The van der Waals surface area contributed by atoms with Gasteiger partial charge in [-0.3, -0.25) is 0 Å². The van der Waals surface area contributed by atoms with Gasteiger partial charge in [0.2, 0.25) is 0 Å². The number of allylic oxidation sites excluding steroid dienone is 5. The normalized spacial score (nSPS) is 14.3. The monoisotopic (exact) mass is 208 g/mol. The highest BCUT2D eigenvalue weighted by Crippen LogP contribution is 2.10. The van der Waals surface area contributed by atoms with Gasteiger partial charge in [0.05, 0.1) is 6.61 Å². The highest BCUT2D eigenvalue weighted by atomic mass is 16.2. The van der Waals surface area contributed by atoms with Crippen LogP contribution in [0.15, 0.2) is 35.5 Å². The lowest BCUT2D eigenvalue weighted by Gasteiger charge is -2.03. The van der Waals surface area contributed by atoms with Gasteiger partial charge < -0.3 is 5.11 Å². The lowest BCUT2D eigenvalue weighted by molar-refractivity contribution is 0.342. The molecular weight excluding hydrogens is 184 g/mol. The highest BCUT2D eigenvalue weighted by molar-refractivity contribution is 5.16. The largest absolute Gasteiger partial charge is 0.392 e. The standard InChI is InChI=1S/C14H24O/c1-12(2)6-5-7-13(3)8-9-14(4)10-11-15/h6,8-10,13,15H,5,7,11H2,1-4H3. The molecule has 0 aromatic heterocycles. The van der Waals surface area contributed by atoms with Crippen LogP contribution in [-0.4, -0.2) is 11.7 Å². The number of aliphatic hydroxyl groups excluding tert-OH is 1. The van der Waals surface area contributed by atoms with Crippen molar-refractivity contribution < 1.29 is 5.11 Å². The van der Waals surface area contributed by atoms with E-state index in [4.69, 9.17) is 5.11 Å². The summed E-state index contributed by atoms with van der Waals surface area (Å²) in [6.45, 7) is 8.63. The van der Waals surface area contributed by atoms with E-state index in [9.17, 15) is 0 Å². The van der Waals surface area contributed by atoms with Gasteiger partial charge in [-0.25, -0.2) is 0 Å². The Bertz CT molecular complexity index is 242. The van der Waals surface area contributed by atoms with E-state index in [0.29, 0.717) is 5.92 Å². The lowest BCUT2D eigenvalue weighted by atomic mass is 10.0. The number of rotatable bonds is 6. The number of hydrogen-bond acceptors (Lipinski definition) is 1. The molecule has 0 saturated heterocycles. The molecule has 0 aromatic carbocycles. The third-order valence-electron chi connectivity index (χ3n) is 2.28. The molecule has 1 heteroatoms. The summed E-state index contributed by atoms with van der Waals surface area (Å²) in [6.07, 6.45) is 10.7. The van der Waals surface area contributed by atoms with Crippen molar-refractivity contribution in [2.24, 2.45) is 5.92 Å². The van der Waals surface area contributed by atoms with E-state index in [1.165, 1.54) is 12.0 Å². The molecule has 15 heavy (non-hydrogen) atoms. The van der Waals surface area contributed by atoms with Gasteiger partial charge in [0.15, 0.2) is 0 Å². The molecule has 0 heterocycles. The minimum absolute atomic E-state index is 0.127. The Kier molecular flexibility index (Phi) is 8.02. The minimum atomic E-state index is 0.127. The third-order valence-corrected chi connectivity index (χ3v) is 2.28. The van der Waals surface area contributed by atoms with Crippen LogP contribution in [-0.2, 0) is 0 Å². The molecular formula is C14H24O. The molecule has 0 aliphatic rings. The Morgan fingerprint density at radius 3 is 2.40 bits per heavy atom. The number of hydrogen-bond donors (Lipinski definition) is 1. The van der Waals surface area contributed by atoms with Crippen LogP contribution >= 0.6 is 0 Å². The van der Waals surface area contributed by atoms with Crippen molar-refractivity contribution >= 4 is 0 Å². The molecule has 0 radical (unpaired) electrons. The summed E-state index contributed by atoms with van der Waals surface area (Å²) < 4.78 is 0. The Hall–Kier alpha value is -0.820. The summed E-state index contributed by atoms with van der Waals surface area (Å²) in [5.41, 5.74) is 2.52. The zero-order chi connectivity index (χ0) is 11.7. The van der Waals surface area contributed by atoms with Crippen molar-refractivity contribution in [1.82, 2.24) is 0 Å². The molecule has 1 N–H and O–H groups in total. The Morgan fingerprint density at radius 1 is 1.20 bits per heavy atom. The van der Waals surface area contributed by atoms with Gasteiger partial charge >= 0.3 is 0 Å². The molecule has 0 aliphatic heterocycles. The highest BCUT2D eigenvalue weighted by Gasteiger charge is 1.94. The molecule has 0 rings (SSSR count). The fraction of sp³-hybridized carbons (Fsp3) is 0.571. The van der Waals surface area contributed by atoms with Crippen molar-refractivity contribution in [3.63, 3.8) is 0 Å². The fourth-order valence-corrected chi connectivity index (χ4v) is 1.26. The van der Waals surface area contributed by atoms with E-state index in [1.54, 1.807) is 0 Å². The van der Waals surface area contributed by atoms with Crippen LogP contribution in [0.25, 0.3) is 0 Å². The molecule has 0 aromatic rings. The quantitative estimate of drug-likeness (QED) is 0.519. The van der Waals surface area contributed by atoms with E-state index >= 15 is 0 Å². The maximum absolute atomic E-state index is 8.69. The van der Waals surface area contributed by atoms with Gasteiger partial charge in [-0.2, -0.15) is 0 Å². The van der Waals surface area contributed by atoms with Crippen LogP contribution in [0.2, 0.25) is 0 Å². The van der Waals surface area contributed by atoms with Crippen LogP contribution in [0.5, 0.6) is 0 Å². The summed E-state index contributed by atoms with van der Waals surface area (Å²) in [6, 6.07) is 0. The van der Waals surface area contributed by atoms with Gasteiger partial charge in [0, 0.05) is 0 Å². The van der Waals surface area contributed by atoms with Gasteiger partial charge in [-0.15, -0.1) is 0 Å². The molecule has 1 nitrogen and oxygen atoms in total. The summed E-state index contributed by atoms with van der Waals surface area (Å²) in [5.74, 6) is 0.600. The second-order valence-electron chi connectivity index (χ2n) is 4.33. The zero-order valence-electron chi connectivity index (χ0n) is 10.5. The zero-order valence-corrected chi connectivity index (χ0v) is 10.5. The predicted molar refractivity (Wildman–Crippen MR) is 67.8 cm³/mol. The van der Waals surface area contributed by atoms with Crippen LogP contribution in [0.4, 0.5) is 0 Å². The van der Waals surface area contributed by atoms with Crippen LogP contribution in [0.1, 0.15) is 40.5 Å². The minimum Gasteiger partial charge on any atom is -0.392 e. The molecule has 86 valence electrons. The van der Waals surface area contributed by atoms with Crippen molar-refractivity contribution in [2.75, 3.05) is 6.61 Å². The second kappa shape index (κ2) is 8.49. The Balaban J connectivity index is 3.88. The van der Waals surface area contributed by atoms with Gasteiger partial charge in [0.1, 0.15) is 0 Å². The summed E-state index contributed by atoms with van der Waals surface area (Å²) in [7, 11) is 0. The van der Waals surface area contributed by atoms with E-state index in [0.717, 1.165) is 12.0 Å². The Morgan fingerprint density at radius 2 is 1.87 bits per heavy atom. The fourth-order valence-electron chi connectivity index (χ4n) is 1.26. The molecule has 1 unspecified atom stereocenters. The molecule has 0 fully saturated rings. The maximum Gasteiger partial charge on any atom is 0.0617 e. The first-order valence-electron chi connectivity index (χ1n) is 5.65. The first kappa shape index (κ1) is 14.2. The summed E-state index contributed by atoms with van der Waals surface area (Å²) in [5, 5.41) is 8.69. The predicted octanol–water partition coefficient (Wildman–Crippen LogP) is 3.86. The van der Waals surface area contributed by atoms with Crippen LogP contribution in [0, 0.1) is 5.92 Å². The molecule has 0 aliphatic carbocycles. The first-order valence-corrected chi connectivity index (χ1v) is 5.65. The maximum atomic E-state index is 8.69.